The van der Waals surface area contributed by atoms with E-state index in [1.54, 1.807) is 6.20 Å². The van der Waals surface area contributed by atoms with E-state index in [-0.39, 0.29) is 11.8 Å². The third kappa shape index (κ3) is 4.22. The van der Waals surface area contributed by atoms with Gasteiger partial charge in [-0.3, -0.25) is 19.4 Å². The molecule has 4 rings (SSSR count). The number of aryl methyl sites for hydroxylation is 1. The topological polar surface area (TPSA) is 89.1 Å². The highest BCUT2D eigenvalue weighted by Gasteiger charge is 2.24. The van der Waals surface area contributed by atoms with E-state index in [9.17, 15) is 4.79 Å². The predicted molar refractivity (Wildman–Crippen MR) is 97.6 cm³/mol. The Kier molecular flexibility index (Phi) is 4.97. The lowest BCUT2D eigenvalue weighted by atomic mass is 10.1. The molecule has 140 valence electrons. The zero-order valence-corrected chi connectivity index (χ0v) is 15.2. The maximum absolute atomic E-state index is 12.3. The van der Waals surface area contributed by atoms with Crippen LogP contribution in [0.4, 0.5) is 0 Å². The van der Waals surface area contributed by atoms with E-state index in [0.29, 0.717) is 12.2 Å². The third-order valence-corrected chi connectivity index (χ3v) is 4.66. The Bertz CT molecular complexity index is 904. The summed E-state index contributed by atoms with van der Waals surface area (Å²) >= 11 is 0. The number of hydrogen-bond donors (Lipinski definition) is 1. The van der Waals surface area contributed by atoms with Gasteiger partial charge in [0, 0.05) is 50.7 Å². The van der Waals surface area contributed by atoms with E-state index in [0.717, 1.165) is 37.7 Å². The number of fused-ring (bicyclic) bond motifs is 1. The van der Waals surface area contributed by atoms with Crippen molar-refractivity contribution in [3.05, 3.63) is 65.9 Å². The number of rotatable bonds is 5. The largest absolute Gasteiger partial charge is 0.465 e. The first kappa shape index (κ1) is 17.4. The second kappa shape index (κ2) is 7.71. The molecule has 0 spiro atoms. The minimum atomic E-state index is -0.207. The quantitative estimate of drug-likeness (QED) is 0.738. The summed E-state index contributed by atoms with van der Waals surface area (Å²) in [5.74, 6) is 1.88. The summed E-state index contributed by atoms with van der Waals surface area (Å²) < 4.78 is 7.76. The van der Waals surface area contributed by atoms with E-state index in [4.69, 9.17) is 4.42 Å². The molecule has 4 heterocycles. The van der Waals surface area contributed by atoms with E-state index >= 15 is 0 Å². The highest BCUT2D eigenvalue weighted by atomic mass is 16.3. The predicted octanol–water partition coefficient (Wildman–Crippen LogP) is 1.64. The van der Waals surface area contributed by atoms with Gasteiger partial charge in [0.05, 0.1) is 18.4 Å². The van der Waals surface area contributed by atoms with Crippen LogP contribution in [0.15, 0.2) is 47.4 Å². The highest BCUT2D eigenvalue weighted by molar-refractivity contribution is 5.91. The zero-order chi connectivity index (χ0) is 18.6. The summed E-state index contributed by atoms with van der Waals surface area (Å²) in [6.07, 6.45) is 6.36. The Morgan fingerprint density at radius 2 is 2.19 bits per heavy atom. The molecule has 27 heavy (non-hydrogen) atoms. The Morgan fingerprint density at radius 1 is 1.26 bits per heavy atom. The van der Waals surface area contributed by atoms with Gasteiger partial charge in [0.1, 0.15) is 17.2 Å². The SMILES string of the molecule is Cc1ccc(CN2Cc3ccnn3C[C@H](CNC(=O)c3cnccn3)C2)o1. The monoisotopic (exact) mass is 366 g/mol. The van der Waals surface area contributed by atoms with E-state index in [1.165, 1.54) is 18.1 Å². The maximum atomic E-state index is 12.3. The number of amides is 1. The molecule has 1 N–H and O–H groups in total. The van der Waals surface area contributed by atoms with Crippen LogP contribution in [0.25, 0.3) is 0 Å². The smallest absolute Gasteiger partial charge is 0.271 e. The van der Waals surface area contributed by atoms with Gasteiger partial charge in [0.15, 0.2) is 0 Å². The molecule has 0 saturated heterocycles. The van der Waals surface area contributed by atoms with Crippen molar-refractivity contribution in [2.45, 2.75) is 26.6 Å². The fraction of sp³-hybridized carbons (Fsp3) is 0.368. The van der Waals surface area contributed by atoms with Crippen molar-refractivity contribution in [1.29, 1.82) is 0 Å². The summed E-state index contributed by atoms with van der Waals surface area (Å²) in [7, 11) is 0. The van der Waals surface area contributed by atoms with Crippen molar-refractivity contribution < 1.29 is 9.21 Å². The van der Waals surface area contributed by atoms with Crippen LogP contribution in [0.3, 0.4) is 0 Å². The number of nitrogens with one attached hydrogen (secondary N) is 1. The van der Waals surface area contributed by atoms with E-state index in [2.05, 4.69) is 25.3 Å². The van der Waals surface area contributed by atoms with Crippen LogP contribution < -0.4 is 5.32 Å². The molecular formula is C19H22N6O2. The number of aromatic nitrogens is 4. The first-order chi connectivity index (χ1) is 13.2. The number of carbonyl (C=O) groups is 1. The van der Waals surface area contributed by atoms with Crippen LogP contribution in [-0.2, 0) is 19.6 Å². The van der Waals surface area contributed by atoms with Gasteiger partial charge in [-0.05, 0) is 25.1 Å². The molecule has 0 saturated carbocycles. The Balaban J connectivity index is 1.44. The molecule has 1 aliphatic rings. The maximum Gasteiger partial charge on any atom is 0.271 e. The minimum absolute atomic E-state index is 0.207. The highest BCUT2D eigenvalue weighted by Crippen LogP contribution is 2.19. The number of carbonyl (C=O) groups excluding carboxylic acids is 1. The van der Waals surface area contributed by atoms with Gasteiger partial charge in [-0.1, -0.05) is 0 Å². The van der Waals surface area contributed by atoms with Crippen LogP contribution >= 0.6 is 0 Å². The van der Waals surface area contributed by atoms with Crippen molar-refractivity contribution in [2.75, 3.05) is 13.1 Å². The zero-order valence-electron chi connectivity index (χ0n) is 15.2. The van der Waals surface area contributed by atoms with Gasteiger partial charge < -0.3 is 9.73 Å². The van der Waals surface area contributed by atoms with Crippen molar-refractivity contribution >= 4 is 5.91 Å². The van der Waals surface area contributed by atoms with Gasteiger partial charge >= 0.3 is 0 Å². The Hall–Kier alpha value is -3.00. The summed E-state index contributed by atoms with van der Waals surface area (Å²) in [5, 5.41) is 7.40. The first-order valence-corrected chi connectivity index (χ1v) is 9.00. The van der Waals surface area contributed by atoms with Crippen LogP contribution in [0.5, 0.6) is 0 Å². The van der Waals surface area contributed by atoms with Crippen molar-refractivity contribution in [1.82, 2.24) is 30.0 Å². The number of hydrogen-bond acceptors (Lipinski definition) is 6. The minimum Gasteiger partial charge on any atom is -0.465 e. The second-order valence-corrected chi connectivity index (χ2v) is 6.85. The summed E-state index contributed by atoms with van der Waals surface area (Å²) in [6.45, 7) is 5.62. The molecule has 1 amide bonds. The molecule has 0 bridgehead atoms. The summed E-state index contributed by atoms with van der Waals surface area (Å²) in [5.41, 5.74) is 1.50. The first-order valence-electron chi connectivity index (χ1n) is 9.00. The normalized spacial score (nSPS) is 17.3. The fourth-order valence-electron chi connectivity index (χ4n) is 3.40. The van der Waals surface area contributed by atoms with Crippen molar-refractivity contribution in [3.8, 4) is 0 Å². The lowest BCUT2D eigenvalue weighted by Crippen LogP contribution is -2.36. The van der Waals surface area contributed by atoms with Gasteiger partial charge in [0.2, 0.25) is 0 Å². The van der Waals surface area contributed by atoms with Gasteiger partial charge in [-0.25, -0.2) is 4.98 Å². The molecule has 0 fully saturated rings. The average Bonchev–Trinajstić information content (AvgIpc) is 3.25. The summed E-state index contributed by atoms with van der Waals surface area (Å²) in [4.78, 5) is 22.6. The van der Waals surface area contributed by atoms with Crippen LogP contribution in [0, 0.1) is 12.8 Å². The van der Waals surface area contributed by atoms with Crippen molar-refractivity contribution in [3.63, 3.8) is 0 Å². The van der Waals surface area contributed by atoms with Gasteiger partial charge in [-0.2, -0.15) is 5.10 Å². The molecule has 1 atom stereocenters. The molecule has 3 aromatic rings. The molecule has 0 aromatic carbocycles. The molecule has 1 aliphatic heterocycles. The Morgan fingerprint density at radius 3 is 2.96 bits per heavy atom. The molecule has 0 unspecified atom stereocenters. The van der Waals surface area contributed by atoms with Gasteiger partial charge in [-0.15, -0.1) is 0 Å². The lowest BCUT2D eigenvalue weighted by molar-refractivity contribution is 0.0934. The van der Waals surface area contributed by atoms with E-state index in [1.807, 2.05) is 36.0 Å². The summed E-state index contributed by atoms with van der Waals surface area (Å²) in [6, 6.07) is 6.04. The number of nitrogens with zero attached hydrogens (tertiary/aromatic N) is 5. The van der Waals surface area contributed by atoms with Gasteiger partial charge in [0.25, 0.3) is 5.91 Å². The average molecular weight is 366 g/mol. The third-order valence-electron chi connectivity index (χ3n) is 4.66. The molecule has 8 heteroatoms. The second-order valence-electron chi connectivity index (χ2n) is 6.85. The molecule has 3 aromatic heterocycles. The van der Waals surface area contributed by atoms with E-state index < -0.39 is 0 Å². The fourth-order valence-corrected chi connectivity index (χ4v) is 3.40. The van der Waals surface area contributed by atoms with Crippen LogP contribution in [0.2, 0.25) is 0 Å². The van der Waals surface area contributed by atoms with Crippen LogP contribution in [0.1, 0.15) is 27.7 Å². The van der Waals surface area contributed by atoms with Crippen molar-refractivity contribution in [2.24, 2.45) is 5.92 Å². The Labute approximate surface area is 157 Å². The van der Waals surface area contributed by atoms with Crippen LogP contribution in [-0.4, -0.2) is 43.6 Å². The molecule has 0 aliphatic carbocycles. The molecule has 8 nitrogen and oxygen atoms in total. The number of furan rings is 1. The lowest BCUT2D eigenvalue weighted by Gasteiger charge is -2.23. The standard InChI is InChI=1S/C19H22N6O2/c1-14-2-3-17(27-14)13-24-10-15(11-25-16(12-24)4-5-23-25)8-22-19(26)18-9-20-6-7-21-18/h2-7,9,15H,8,10-13H2,1H3,(H,22,26)/t15-/m1/s1. The molecule has 0 radical (unpaired) electrons. The molecular weight excluding hydrogens is 344 g/mol.